The summed E-state index contributed by atoms with van der Waals surface area (Å²) in [4.78, 5) is 11.8. The Morgan fingerprint density at radius 3 is 2.62 bits per heavy atom. The van der Waals surface area contributed by atoms with E-state index >= 15 is 0 Å². The third-order valence-electron chi connectivity index (χ3n) is 2.76. The molecule has 0 heterocycles. The van der Waals surface area contributed by atoms with Crippen molar-refractivity contribution in [1.82, 2.24) is 0 Å². The number of hydrogen-bond acceptors (Lipinski definition) is 3. The predicted octanol–water partition coefficient (Wildman–Crippen LogP) is 3.54. The summed E-state index contributed by atoms with van der Waals surface area (Å²) in [5.41, 5.74) is 0.821. The van der Waals surface area contributed by atoms with Crippen LogP contribution in [0.3, 0.4) is 0 Å². The van der Waals surface area contributed by atoms with Crippen molar-refractivity contribution >= 4 is 28.9 Å². The van der Waals surface area contributed by atoms with Crippen molar-refractivity contribution in [1.29, 1.82) is 0 Å². The van der Waals surface area contributed by atoms with Crippen LogP contribution in [0, 0.1) is 5.82 Å². The lowest BCUT2D eigenvalue weighted by atomic mass is 10.3. The summed E-state index contributed by atoms with van der Waals surface area (Å²) in [5, 5.41) is 5.40. The van der Waals surface area contributed by atoms with Gasteiger partial charge in [0, 0.05) is 5.69 Å². The van der Waals surface area contributed by atoms with E-state index < -0.39 is 5.82 Å². The largest absolute Gasteiger partial charge is 0.497 e. The molecule has 2 aromatic carbocycles. The Kier molecular flexibility index (Phi) is 5.00. The highest BCUT2D eigenvalue weighted by atomic mass is 35.5. The molecule has 4 nitrogen and oxygen atoms in total. The van der Waals surface area contributed by atoms with Crippen LogP contribution in [-0.4, -0.2) is 19.6 Å². The molecule has 0 bridgehead atoms. The number of hydrogen-bond donors (Lipinski definition) is 2. The zero-order chi connectivity index (χ0) is 15.2. The van der Waals surface area contributed by atoms with Crippen LogP contribution < -0.4 is 15.4 Å². The third kappa shape index (κ3) is 4.10. The van der Waals surface area contributed by atoms with Crippen LogP contribution in [0.1, 0.15) is 0 Å². The van der Waals surface area contributed by atoms with Gasteiger partial charge in [-0.3, -0.25) is 4.79 Å². The molecule has 2 N–H and O–H groups in total. The van der Waals surface area contributed by atoms with Crippen LogP contribution >= 0.6 is 11.6 Å². The first kappa shape index (κ1) is 15.1. The number of rotatable bonds is 5. The molecule has 0 spiro atoms. The normalized spacial score (nSPS) is 10.0. The number of ether oxygens (including phenoxy) is 1. The van der Waals surface area contributed by atoms with Crippen molar-refractivity contribution < 1.29 is 13.9 Å². The van der Waals surface area contributed by atoms with Gasteiger partial charge in [-0.25, -0.2) is 4.39 Å². The first-order valence-electron chi connectivity index (χ1n) is 6.22. The fourth-order valence-corrected chi connectivity index (χ4v) is 1.87. The lowest BCUT2D eigenvalue weighted by Gasteiger charge is -2.09. The lowest BCUT2D eigenvalue weighted by molar-refractivity contribution is -0.114. The average molecular weight is 309 g/mol. The molecule has 0 radical (unpaired) electrons. The Morgan fingerprint density at radius 1 is 1.24 bits per heavy atom. The second kappa shape index (κ2) is 6.95. The smallest absolute Gasteiger partial charge is 0.243 e. The summed E-state index contributed by atoms with van der Waals surface area (Å²) in [6, 6.07) is 11.5. The van der Waals surface area contributed by atoms with E-state index in [2.05, 4.69) is 10.6 Å². The van der Waals surface area contributed by atoms with Crippen LogP contribution in [0.2, 0.25) is 5.02 Å². The molecule has 2 rings (SSSR count). The second-order valence-electron chi connectivity index (χ2n) is 4.23. The fraction of sp³-hybridized carbons (Fsp3) is 0.133. The van der Waals surface area contributed by atoms with Gasteiger partial charge in [0.2, 0.25) is 5.91 Å². The van der Waals surface area contributed by atoms with E-state index in [0.29, 0.717) is 11.4 Å². The maximum atomic E-state index is 13.6. The zero-order valence-corrected chi connectivity index (χ0v) is 12.1. The minimum absolute atomic E-state index is 0.00978. The third-order valence-corrected chi connectivity index (χ3v) is 3.06. The Morgan fingerprint density at radius 2 is 1.95 bits per heavy atom. The minimum atomic E-state index is -0.573. The zero-order valence-electron chi connectivity index (χ0n) is 11.3. The summed E-state index contributed by atoms with van der Waals surface area (Å²) in [6.45, 7) is -0.0662. The summed E-state index contributed by atoms with van der Waals surface area (Å²) < 4.78 is 18.6. The lowest BCUT2D eigenvalue weighted by Crippen LogP contribution is -2.22. The molecule has 6 heteroatoms. The van der Waals surface area contributed by atoms with Crippen LogP contribution in [-0.2, 0) is 4.79 Å². The topological polar surface area (TPSA) is 50.4 Å². The predicted molar refractivity (Wildman–Crippen MR) is 81.5 cm³/mol. The molecule has 0 aliphatic carbocycles. The van der Waals surface area contributed by atoms with Crippen molar-refractivity contribution in [2.24, 2.45) is 0 Å². The van der Waals surface area contributed by atoms with Crippen LogP contribution in [0.5, 0.6) is 5.75 Å². The van der Waals surface area contributed by atoms with Gasteiger partial charge in [0.1, 0.15) is 5.75 Å². The molecule has 0 fully saturated rings. The molecule has 1 amide bonds. The second-order valence-corrected chi connectivity index (χ2v) is 4.64. The number of amides is 1. The summed E-state index contributed by atoms with van der Waals surface area (Å²) in [7, 11) is 1.57. The Hall–Kier alpha value is -2.27. The van der Waals surface area contributed by atoms with Crippen LogP contribution in [0.4, 0.5) is 15.8 Å². The van der Waals surface area contributed by atoms with E-state index in [-0.39, 0.29) is 23.2 Å². The standard InChI is InChI=1S/C15H14ClFN2O2/c1-21-11-7-5-10(6-8-11)19-14(20)9-18-13-4-2-3-12(16)15(13)17/h2-8,18H,9H2,1H3,(H,19,20). The molecule has 0 unspecified atom stereocenters. The maximum absolute atomic E-state index is 13.6. The number of carbonyl (C=O) groups excluding carboxylic acids is 1. The molecule has 2 aromatic rings. The van der Waals surface area contributed by atoms with Crippen molar-refractivity contribution in [3.05, 3.63) is 53.3 Å². The number of methoxy groups -OCH3 is 1. The van der Waals surface area contributed by atoms with Crippen molar-refractivity contribution in [3.63, 3.8) is 0 Å². The van der Waals surface area contributed by atoms with Crippen LogP contribution in [0.25, 0.3) is 0 Å². The van der Waals surface area contributed by atoms with Gasteiger partial charge < -0.3 is 15.4 Å². The molecular formula is C15H14ClFN2O2. The number of benzene rings is 2. The fourth-order valence-electron chi connectivity index (χ4n) is 1.70. The van der Waals surface area contributed by atoms with Gasteiger partial charge >= 0.3 is 0 Å². The quantitative estimate of drug-likeness (QED) is 0.888. The molecule has 0 aliphatic heterocycles. The van der Waals surface area contributed by atoms with Gasteiger partial charge in [0.05, 0.1) is 24.4 Å². The highest BCUT2D eigenvalue weighted by Gasteiger charge is 2.08. The van der Waals surface area contributed by atoms with Gasteiger partial charge in [0.25, 0.3) is 0 Å². The van der Waals surface area contributed by atoms with Crippen molar-refractivity contribution in [3.8, 4) is 5.75 Å². The van der Waals surface area contributed by atoms with E-state index in [1.54, 1.807) is 37.4 Å². The van der Waals surface area contributed by atoms with E-state index in [9.17, 15) is 9.18 Å². The van der Waals surface area contributed by atoms with E-state index in [0.717, 1.165) is 0 Å². The summed E-state index contributed by atoms with van der Waals surface area (Å²) >= 11 is 5.66. The Labute approximate surface area is 126 Å². The maximum Gasteiger partial charge on any atom is 0.243 e. The van der Waals surface area contributed by atoms with E-state index in [4.69, 9.17) is 16.3 Å². The summed E-state index contributed by atoms with van der Waals surface area (Å²) in [6.07, 6.45) is 0. The van der Waals surface area contributed by atoms with Crippen LogP contribution in [0.15, 0.2) is 42.5 Å². The molecule has 110 valence electrons. The highest BCUT2D eigenvalue weighted by molar-refractivity contribution is 6.31. The SMILES string of the molecule is COc1ccc(NC(=O)CNc2cccc(Cl)c2F)cc1. The highest BCUT2D eigenvalue weighted by Crippen LogP contribution is 2.21. The number of carbonyl (C=O) groups is 1. The number of anilines is 2. The molecular weight excluding hydrogens is 295 g/mol. The Balaban J connectivity index is 1.91. The average Bonchev–Trinajstić information content (AvgIpc) is 2.49. The van der Waals surface area contributed by atoms with E-state index in [1.807, 2.05) is 0 Å². The van der Waals surface area contributed by atoms with Crippen molar-refractivity contribution in [2.45, 2.75) is 0 Å². The van der Waals surface area contributed by atoms with Gasteiger partial charge in [-0.05, 0) is 36.4 Å². The molecule has 21 heavy (non-hydrogen) atoms. The molecule has 0 atom stereocenters. The van der Waals surface area contributed by atoms with Gasteiger partial charge in [-0.1, -0.05) is 17.7 Å². The molecule has 0 aromatic heterocycles. The monoisotopic (exact) mass is 308 g/mol. The van der Waals surface area contributed by atoms with Gasteiger partial charge in [-0.2, -0.15) is 0 Å². The number of nitrogens with one attached hydrogen (secondary N) is 2. The minimum Gasteiger partial charge on any atom is -0.497 e. The van der Waals surface area contributed by atoms with Gasteiger partial charge in [0.15, 0.2) is 5.82 Å². The molecule has 0 aliphatic rings. The van der Waals surface area contributed by atoms with E-state index in [1.165, 1.54) is 12.1 Å². The molecule has 0 saturated carbocycles. The Bertz CT molecular complexity index is 632. The first-order valence-corrected chi connectivity index (χ1v) is 6.59. The van der Waals surface area contributed by atoms with Crippen molar-refractivity contribution in [2.75, 3.05) is 24.3 Å². The molecule has 0 saturated heterocycles. The summed E-state index contributed by atoms with van der Waals surface area (Å²) in [5.74, 6) is -0.164. The van der Waals surface area contributed by atoms with Gasteiger partial charge in [-0.15, -0.1) is 0 Å². The number of halogens is 2. The first-order chi connectivity index (χ1) is 10.1.